The van der Waals surface area contributed by atoms with Crippen molar-refractivity contribution >= 4 is 17.2 Å². The highest BCUT2D eigenvalue weighted by Gasteiger charge is 2.46. The average Bonchev–Trinajstić information content (AvgIpc) is 3.69. The Morgan fingerprint density at radius 1 is 1.18 bits per heavy atom. The number of nitrogens with zero attached hydrogens (tertiary/aromatic N) is 2. The Hall–Kier alpha value is -2.92. The number of halogens is 1. The van der Waals surface area contributed by atoms with Crippen LogP contribution in [0.5, 0.6) is 5.88 Å². The van der Waals surface area contributed by atoms with E-state index in [1.807, 2.05) is 17.6 Å². The summed E-state index contributed by atoms with van der Waals surface area (Å²) in [5.41, 5.74) is 3.40. The first-order valence-corrected chi connectivity index (χ1v) is 16.6. The normalized spacial score (nSPS) is 22.1. The molecule has 10 heteroatoms. The molecule has 0 bridgehead atoms. The second-order valence-corrected chi connectivity index (χ2v) is 14.7. The highest BCUT2D eigenvalue weighted by atomic mass is 32.1. The standard InChI is InChI=1S/C34H43FN4O4S/c1-33(2,3)17-22-14-25-27(18-34(7-5-8-34)43-31(25)38-19-22)37-20-28(40)26(39-30(41)29-6-4-10-42-29)15-21-12-23(16-24(35)13-21)32-36-9-11-44-32/h9,11-14,16,19,26-29,37,40H,4-8,10,15,17-18,20H2,1-3H3,(H,39,41)/t26-,27-,28+,29-/m0/s1. The lowest BCUT2D eigenvalue weighted by Crippen LogP contribution is -2.53. The molecule has 1 aliphatic carbocycles. The number of aromatic nitrogens is 2. The van der Waals surface area contributed by atoms with Gasteiger partial charge < -0.3 is 25.2 Å². The number of aliphatic hydroxyl groups is 1. The molecule has 4 atom stereocenters. The monoisotopic (exact) mass is 622 g/mol. The minimum atomic E-state index is -0.943. The third-order valence-corrected chi connectivity index (χ3v) is 9.70. The summed E-state index contributed by atoms with van der Waals surface area (Å²) in [5.74, 6) is 0.0370. The summed E-state index contributed by atoms with van der Waals surface area (Å²) in [7, 11) is 0. The molecule has 3 N–H and O–H groups in total. The topological polar surface area (TPSA) is 106 Å². The number of aliphatic hydroxyl groups excluding tert-OH is 1. The molecule has 0 unspecified atom stereocenters. The predicted molar refractivity (Wildman–Crippen MR) is 168 cm³/mol. The number of rotatable bonds is 10. The molecule has 1 amide bonds. The molecule has 2 aromatic heterocycles. The van der Waals surface area contributed by atoms with Gasteiger partial charge in [-0.25, -0.2) is 14.4 Å². The second-order valence-electron chi connectivity index (χ2n) is 13.9. The van der Waals surface area contributed by atoms with Crippen LogP contribution in [-0.4, -0.2) is 58.0 Å². The summed E-state index contributed by atoms with van der Waals surface area (Å²) in [6, 6.07) is 6.27. The van der Waals surface area contributed by atoms with Crippen molar-refractivity contribution in [3.05, 3.63) is 64.5 Å². The number of fused-ring (bicyclic) bond motifs is 1. The zero-order valence-corrected chi connectivity index (χ0v) is 26.6. The van der Waals surface area contributed by atoms with E-state index in [-0.39, 0.29) is 41.7 Å². The summed E-state index contributed by atoms with van der Waals surface area (Å²) >= 11 is 1.44. The van der Waals surface area contributed by atoms with Crippen molar-refractivity contribution in [2.24, 2.45) is 5.41 Å². The number of carbonyl (C=O) groups is 1. The zero-order valence-electron chi connectivity index (χ0n) is 25.8. The molecule has 3 aliphatic rings. The van der Waals surface area contributed by atoms with Crippen LogP contribution in [0.25, 0.3) is 10.6 Å². The number of thiazole rings is 1. The second kappa shape index (κ2) is 12.8. The molecule has 1 aromatic carbocycles. The van der Waals surface area contributed by atoms with Gasteiger partial charge in [-0.1, -0.05) is 20.8 Å². The Labute approximate surface area is 262 Å². The number of ether oxygens (including phenoxy) is 2. The van der Waals surface area contributed by atoms with Gasteiger partial charge in [-0.3, -0.25) is 4.79 Å². The molecule has 2 aliphatic heterocycles. The molecule has 8 nitrogen and oxygen atoms in total. The number of amides is 1. The summed E-state index contributed by atoms with van der Waals surface area (Å²) in [6.07, 6.45) is 8.63. The number of pyridine rings is 1. The van der Waals surface area contributed by atoms with E-state index in [1.54, 1.807) is 6.20 Å². The van der Waals surface area contributed by atoms with E-state index in [9.17, 15) is 14.3 Å². The van der Waals surface area contributed by atoms with E-state index in [2.05, 4.69) is 42.5 Å². The van der Waals surface area contributed by atoms with Gasteiger partial charge in [0, 0.05) is 54.5 Å². The Kier molecular flexibility index (Phi) is 9.06. The van der Waals surface area contributed by atoms with Gasteiger partial charge in [-0.15, -0.1) is 11.3 Å². The molecular formula is C34H43FN4O4S. The fourth-order valence-corrected chi connectivity index (χ4v) is 7.23. The minimum absolute atomic E-state index is 0.0543. The van der Waals surface area contributed by atoms with Crippen LogP contribution in [-0.2, 0) is 22.4 Å². The van der Waals surface area contributed by atoms with Gasteiger partial charge in [0.2, 0.25) is 11.8 Å². The summed E-state index contributed by atoms with van der Waals surface area (Å²) < 4.78 is 26.8. The van der Waals surface area contributed by atoms with Crippen LogP contribution in [0.3, 0.4) is 0 Å². The van der Waals surface area contributed by atoms with Crippen molar-refractivity contribution < 1.29 is 23.8 Å². The predicted octanol–water partition coefficient (Wildman–Crippen LogP) is 5.54. The zero-order chi connectivity index (χ0) is 30.9. The molecule has 1 saturated heterocycles. The van der Waals surface area contributed by atoms with Gasteiger partial charge in [0.1, 0.15) is 22.5 Å². The van der Waals surface area contributed by atoms with Crippen LogP contribution in [0, 0.1) is 11.2 Å². The molecule has 44 heavy (non-hydrogen) atoms. The van der Waals surface area contributed by atoms with E-state index < -0.39 is 18.2 Å². The third-order valence-electron chi connectivity index (χ3n) is 8.88. The van der Waals surface area contributed by atoms with Gasteiger partial charge in [0.15, 0.2) is 0 Å². The molecule has 1 saturated carbocycles. The van der Waals surface area contributed by atoms with Crippen LogP contribution >= 0.6 is 11.3 Å². The van der Waals surface area contributed by atoms with E-state index in [4.69, 9.17) is 14.5 Å². The highest BCUT2D eigenvalue weighted by molar-refractivity contribution is 7.13. The van der Waals surface area contributed by atoms with Crippen molar-refractivity contribution in [2.75, 3.05) is 13.2 Å². The van der Waals surface area contributed by atoms with Crippen molar-refractivity contribution in [1.82, 2.24) is 20.6 Å². The first-order valence-electron chi connectivity index (χ1n) is 15.8. The smallest absolute Gasteiger partial charge is 0.249 e. The Morgan fingerprint density at radius 3 is 2.70 bits per heavy atom. The van der Waals surface area contributed by atoms with E-state index in [0.29, 0.717) is 30.0 Å². The number of hydrogen-bond acceptors (Lipinski definition) is 8. The van der Waals surface area contributed by atoms with Gasteiger partial charge in [0.05, 0.1) is 12.1 Å². The van der Waals surface area contributed by atoms with Crippen LogP contribution in [0.2, 0.25) is 0 Å². The molecule has 6 rings (SSSR count). The maximum absolute atomic E-state index is 14.7. The van der Waals surface area contributed by atoms with Gasteiger partial charge in [-0.05, 0) is 85.8 Å². The van der Waals surface area contributed by atoms with Crippen LogP contribution in [0.4, 0.5) is 4.39 Å². The highest BCUT2D eigenvalue weighted by Crippen LogP contribution is 2.48. The van der Waals surface area contributed by atoms with Crippen molar-refractivity contribution in [3.63, 3.8) is 0 Å². The fraction of sp³-hybridized carbons (Fsp3) is 0.559. The Morgan fingerprint density at radius 2 is 2.02 bits per heavy atom. The summed E-state index contributed by atoms with van der Waals surface area (Å²) in [5, 5.41) is 20.8. The van der Waals surface area contributed by atoms with Gasteiger partial charge in [0.25, 0.3) is 0 Å². The van der Waals surface area contributed by atoms with Crippen molar-refractivity contribution in [2.45, 2.75) is 102 Å². The van der Waals surface area contributed by atoms with E-state index >= 15 is 0 Å². The lowest BCUT2D eigenvalue weighted by atomic mass is 9.73. The SMILES string of the molecule is CC(C)(C)Cc1cnc2c(c1)[C@@H](NC[C@@H](O)[C@H](Cc1cc(F)cc(-c3nccs3)c1)NC(=O)[C@@H]1CCCO1)CC1(CCC1)O2. The minimum Gasteiger partial charge on any atom is -0.471 e. The third kappa shape index (κ3) is 7.30. The Bertz CT molecular complexity index is 1450. The largest absolute Gasteiger partial charge is 0.471 e. The lowest BCUT2D eigenvalue weighted by molar-refractivity contribution is -0.131. The van der Waals surface area contributed by atoms with E-state index in [0.717, 1.165) is 54.7 Å². The molecule has 3 aromatic rings. The van der Waals surface area contributed by atoms with Crippen LogP contribution < -0.4 is 15.4 Å². The van der Waals surface area contributed by atoms with Crippen LogP contribution in [0.15, 0.2) is 42.0 Å². The number of benzene rings is 1. The van der Waals surface area contributed by atoms with Gasteiger partial charge >= 0.3 is 0 Å². The average molecular weight is 623 g/mol. The molecule has 236 valence electrons. The van der Waals surface area contributed by atoms with E-state index in [1.165, 1.54) is 23.5 Å². The summed E-state index contributed by atoms with van der Waals surface area (Å²) in [4.78, 5) is 22.2. The quantitative estimate of drug-likeness (QED) is 0.273. The van der Waals surface area contributed by atoms with Gasteiger partial charge in [-0.2, -0.15) is 0 Å². The van der Waals surface area contributed by atoms with Crippen molar-refractivity contribution in [3.8, 4) is 16.5 Å². The number of carbonyl (C=O) groups excluding carboxylic acids is 1. The maximum Gasteiger partial charge on any atom is 0.249 e. The molecule has 2 fully saturated rings. The maximum atomic E-state index is 14.7. The van der Waals surface area contributed by atoms with Crippen molar-refractivity contribution in [1.29, 1.82) is 0 Å². The Balaban J connectivity index is 1.22. The molecule has 1 spiro atoms. The fourth-order valence-electron chi connectivity index (χ4n) is 6.61. The van der Waals surface area contributed by atoms with Crippen LogP contribution in [0.1, 0.15) is 82.0 Å². The molecule has 0 radical (unpaired) electrons. The number of nitrogens with one attached hydrogen (secondary N) is 2. The first kappa shape index (κ1) is 31.1. The lowest BCUT2D eigenvalue weighted by Gasteiger charge is -2.47. The summed E-state index contributed by atoms with van der Waals surface area (Å²) in [6.45, 7) is 7.41. The molecule has 4 heterocycles. The first-order chi connectivity index (χ1) is 21.1. The number of hydrogen-bond donors (Lipinski definition) is 3. The molecular weight excluding hydrogens is 579 g/mol.